The van der Waals surface area contributed by atoms with E-state index in [2.05, 4.69) is 4.98 Å². The van der Waals surface area contributed by atoms with Crippen LogP contribution in [0.3, 0.4) is 0 Å². The van der Waals surface area contributed by atoms with Gasteiger partial charge in [-0.05, 0) is 43.2 Å². The van der Waals surface area contributed by atoms with Crippen molar-refractivity contribution in [3.05, 3.63) is 53.4 Å². The number of methoxy groups -OCH3 is 1. The summed E-state index contributed by atoms with van der Waals surface area (Å²) in [4.78, 5) is 34.0. The number of anilines is 1. The Morgan fingerprint density at radius 3 is 2.75 bits per heavy atom. The number of benzene rings is 2. The summed E-state index contributed by atoms with van der Waals surface area (Å²) in [6.45, 7) is 1.63. The van der Waals surface area contributed by atoms with E-state index >= 15 is 0 Å². The van der Waals surface area contributed by atoms with E-state index in [1.54, 1.807) is 24.1 Å². The lowest BCUT2D eigenvalue weighted by Gasteiger charge is -2.32. The molecule has 0 aliphatic carbocycles. The molecule has 0 spiro atoms. The van der Waals surface area contributed by atoms with Crippen LogP contribution in [0.1, 0.15) is 31.1 Å². The number of oxazole rings is 1. The van der Waals surface area contributed by atoms with Gasteiger partial charge in [-0.15, -0.1) is 0 Å². The Morgan fingerprint density at radius 1 is 1.19 bits per heavy atom. The average molecular weight is 454 g/mol. The van der Waals surface area contributed by atoms with E-state index in [4.69, 9.17) is 20.8 Å². The number of para-hydroxylation sites is 2. The Hall–Kier alpha value is -3.06. The molecule has 0 N–H and O–H groups in total. The summed E-state index contributed by atoms with van der Waals surface area (Å²) >= 11 is 6.05. The highest BCUT2D eigenvalue weighted by atomic mass is 35.5. The quantitative estimate of drug-likeness (QED) is 0.590. The molecule has 0 bridgehead atoms. The number of carbonyl (C=O) groups excluding carboxylic acids is 2. The normalized spacial score (nSPS) is 19.7. The minimum absolute atomic E-state index is 0.0403. The van der Waals surface area contributed by atoms with Crippen molar-refractivity contribution in [2.24, 2.45) is 5.92 Å². The Bertz CT molecular complexity index is 1170. The first-order valence-electron chi connectivity index (χ1n) is 10.8. The van der Waals surface area contributed by atoms with Crippen molar-refractivity contribution in [3.63, 3.8) is 0 Å². The SMILES string of the molecule is COc1ccccc1N1CC(C(=O)N2CCC(c3nc4cc(Cl)ccc4o3)CC2)CC1=O. The fraction of sp³-hybridized carbons (Fsp3) is 0.375. The summed E-state index contributed by atoms with van der Waals surface area (Å²) in [5.74, 6) is 1.16. The van der Waals surface area contributed by atoms with Gasteiger partial charge in [0.2, 0.25) is 11.8 Å². The molecule has 1 unspecified atom stereocenters. The summed E-state index contributed by atoms with van der Waals surface area (Å²) in [5.41, 5.74) is 2.20. The summed E-state index contributed by atoms with van der Waals surface area (Å²) in [6, 6.07) is 12.8. The van der Waals surface area contributed by atoms with Crippen molar-refractivity contribution in [2.75, 3.05) is 31.6 Å². The monoisotopic (exact) mass is 453 g/mol. The van der Waals surface area contributed by atoms with E-state index in [0.717, 1.165) is 23.9 Å². The summed E-state index contributed by atoms with van der Waals surface area (Å²) in [6.07, 6.45) is 1.79. The Morgan fingerprint density at radius 2 is 1.97 bits per heavy atom. The summed E-state index contributed by atoms with van der Waals surface area (Å²) < 4.78 is 11.3. The molecule has 2 saturated heterocycles. The lowest BCUT2D eigenvalue weighted by atomic mass is 9.95. The van der Waals surface area contributed by atoms with Crippen LogP contribution < -0.4 is 9.64 Å². The fourth-order valence-electron chi connectivity index (χ4n) is 4.66. The molecule has 2 amide bonds. The molecule has 2 aromatic carbocycles. The molecule has 32 heavy (non-hydrogen) atoms. The van der Waals surface area contributed by atoms with Crippen LogP contribution in [0, 0.1) is 5.92 Å². The Labute approximate surface area is 190 Å². The van der Waals surface area contributed by atoms with Gasteiger partial charge in [-0.1, -0.05) is 23.7 Å². The Kier molecular flexibility index (Phi) is 5.51. The van der Waals surface area contributed by atoms with Gasteiger partial charge in [0.1, 0.15) is 11.3 Å². The third-order valence-electron chi connectivity index (χ3n) is 6.37. The third kappa shape index (κ3) is 3.81. The van der Waals surface area contributed by atoms with Gasteiger partial charge in [-0.25, -0.2) is 4.98 Å². The van der Waals surface area contributed by atoms with Crippen LogP contribution in [0.25, 0.3) is 11.1 Å². The van der Waals surface area contributed by atoms with Crippen molar-refractivity contribution < 1.29 is 18.7 Å². The minimum atomic E-state index is -0.338. The number of hydrogen-bond donors (Lipinski definition) is 0. The number of rotatable bonds is 4. The van der Waals surface area contributed by atoms with E-state index in [0.29, 0.717) is 42.0 Å². The van der Waals surface area contributed by atoms with E-state index in [1.807, 2.05) is 35.2 Å². The number of ether oxygens (including phenoxy) is 1. The molecular formula is C24H24ClN3O4. The molecule has 2 aliphatic rings. The van der Waals surface area contributed by atoms with Gasteiger partial charge in [-0.2, -0.15) is 0 Å². The number of hydrogen-bond acceptors (Lipinski definition) is 5. The maximum atomic E-state index is 13.2. The predicted octanol–water partition coefficient (Wildman–Crippen LogP) is 4.25. The molecule has 2 fully saturated rings. The highest BCUT2D eigenvalue weighted by Crippen LogP contribution is 2.35. The molecule has 1 aromatic heterocycles. The third-order valence-corrected chi connectivity index (χ3v) is 6.61. The molecule has 0 saturated carbocycles. The summed E-state index contributed by atoms with van der Waals surface area (Å²) in [7, 11) is 1.58. The van der Waals surface area contributed by atoms with E-state index < -0.39 is 0 Å². The van der Waals surface area contributed by atoms with Crippen molar-refractivity contribution in [3.8, 4) is 5.75 Å². The van der Waals surface area contributed by atoms with Crippen molar-refractivity contribution in [1.82, 2.24) is 9.88 Å². The number of carbonyl (C=O) groups is 2. The maximum absolute atomic E-state index is 13.2. The van der Waals surface area contributed by atoms with Crippen LogP contribution in [0.5, 0.6) is 5.75 Å². The number of fused-ring (bicyclic) bond motifs is 1. The Balaban J connectivity index is 1.23. The second-order valence-electron chi connectivity index (χ2n) is 8.34. The second kappa shape index (κ2) is 8.47. The zero-order chi connectivity index (χ0) is 22.2. The van der Waals surface area contributed by atoms with Gasteiger partial charge in [0.15, 0.2) is 11.5 Å². The molecule has 2 aliphatic heterocycles. The zero-order valence-electron chi connectivity index (χ0n) is 17.8. The highest BCUT2D eigenvalue weighted by molar-refractivity contribution is 6.31. The topological polar surface area (TPSA) is 75.9 Å². The maximum Gasteiger partial charge on any atom is 0.228 e. The van der Waals surface area contributed by atoms with Crippen molar-refractivity contribution in [2.45, 2.75) is 25.2 Å². The first-order chi connectivity index (χ1) is 15.5. The minimum Gasteiger partial charge on any atom is -0.495 e. The van der Waals surface area contributed by atoms with Gasteiger partial charge in [0.25, 0.3) is 0 Å². The number of likely N-dealkylation sites (tertiary alicyclic amines) is 1. The number of piperidine rings is 1. The second-order valence-corrected chi connectivity index (χ2v) is 8.78. The summed E-state index contributed by atoms with van der Waals surface area (Å²) in [5, 5.41) is 0.631. The standard InChI is InChI=1S/C24H24ClN3O4/c1-31-21-5-3-2-4-19(21)28-14-16(12-22(28)29)24(30)27-10-8-15(9-11-27)23-26-18-13-17(25)6-7-20(18)32-23/h2-7,13,15-16H,8-12,14H2,1H3. The molecule has 166 valence electrons. The highest BCUT2D eigenvalue weighted by Gasteiger charge is 2.39. The first kappa shape index (κ1) is 20.8. The fourth-order valence-corrected chi connectivity index (χ4v) is 4.82. The molecule has 8 heteroatoms. The molecule has 0 radical (unpaired) electrons. The van der Waals surface area contributed by atoms with Crippen LogP contribution in [0.2, 0.25) is 5.02 Å². The lowest BCUT2D eigenvalue weighted by Crippen LogP contribution is -2.42. The molecule has 5 rings (SSSR count). The van der Waals surface area contributed by atoms with Gasteiger partial charge in [-0.3, -0.25) is 9.59 Å². The molecule has 7 nitrogen and oxygen atoms in total. The van der Waals surface area contributed by atoms with Crippen LogP contribution in [-0.2, 0) is 9.59 Å². The van der Waals surface area contributed by atoms with Crippen molar-refractivity contribution >= 4 is 40.2 Å². The molecular weight excluding hydrogens is 430 g/mol. The van der Waals surface area contributed by atoms with E-state index in [9.17, 15) is 9.59 Å². The van der Waals surface area contributed by atoms with Crippen LogP contribution >= 0.6 is 11.6 Å². The number of halogens is 1. The first-order valence-corrected chi connectivity index (χ1v) is 11.2. The average Bonchev–Trinajstić information content (AvgIpc) is 3.41. The molecule has 1 atom stereocenters. The lowest BCUT2D eigenvalue weighted by molar-refractivity contribution is -0.136. The number of nitrogens with zero attached hydrogens (tertiary/aromatic N) is 3. The van der Waals surface area contributed by atoms with E-state index in [-0.39, 0.29) is 30.1 Å². The smallest absolute Gasteiger partial charge is 0.228 e. The largest absolute Gasteiger partial charge is 0.495 e. The zero-order valence-corrected chi connectivity index (χ0v) is 18.5. The molecule has 3 heterocycles. The molecule has 3 aromatic rings. The van der Waals surface area contributed by atoms with Gasteiger partial charge < -0.3 is 19.0 Å². The van der Waals surface area contributed by atoms with Crippen molar-refractivity contribution in [1.29, 1.82) is 0 Å². The number of amides is 2. The number of aromatic nitrogens is 1. The van der Waals surface area contributed by atoms with Gasteiger partial charge >= 0.3 is 0 Å². The van der Waals surface area contributed by atoms with E-state index in [1.165, 1.54) is 0 Å². The van der Waals surface area contributed by atoms with Crippen LogP contribution in [0.15, 0.2) is 46.9 Å². The van der Waals surface area contributed by atoms with Crippen LogP contribution in [-0.4, -0.2) is 48.4 Å². The van der Waals surface area contributed by atoms with Gasteiger partial charge in [0, 0.05) is 37.0 Å². The van der Waals surface area contributed by atoms with Crippen LogP contribution in [0.4, 0.5) is 5.69 Å². The van der Waals surface area contributed by atoms with Gasteiger partial charge in [0.05, 0.1) is 18.7 Å². The predicted molar refractivity (Wildman–Crippen MR) is 121 cm³/mol.